The molecule has 0 spiro atoms. The largest absolute Gasteiger partial charge is 0.443 e. The first-order valence-corrected chi connectivity index (χ1v) is 11.7. The van der Waals surface area contributed by atoms with E-state index in [2.05, 4.69) is 10.7 Å². The number of nitrogens with one attached hydrogen (secondary N) is 2. The van der Waals surface area contributed by atoms with Crippen molar-refractivity contribution in [3.05, 3.63) is 29.6 Å². The van der Waals surface area contributed by atoms with Crippen LogP contribution in [-0.4, -0.2) is 54.7 Å². The molecule has 3 fully saturated rings. The molecule has 1 aromatic rings. The van der Waals surface area contributed by atoms with Gasteiger partial charge < -0.3 is 9.64 Å². The van der Waals surface area contributed by atoms with Crippen molar-refractivity contribution in [3.8, 4) is 0 Å². The summed E-state index contributed by atoms with van der Waals surface area (Å²) in [6, 6.07) is 4.98. The summed E-state index contributed by atoms with van der Waals surface area (Å²) in [5.74, 6) is -0.380. The van der Waals surface area contributed by atoms with E-state index in [1.807, 2.05) is 30.7 Å². The standard InChI is InChI=1S/C24H33FN4O4/c1-24(2,3)33-23(32)27-29-10-8-15(9-11-29)17-13-28(14-17)20-6-4-16(12-19(20)25)18-5-7-21(30)26-22(18)31/h4,6,12,15,17-18H,5,7-11,13-14H2,1-3H3,(H,27,32)(H,26,30,31). The van der Waals surface area contributed by atoms with Crippen molar-refractivity contribution in [3.63, 3.8) is 0 Å². The third-order valence-corrected chi connectivity index (χ3v) is 6.72. The smallest absolute Gasteiger partial charge is 0.422 e. The van der Waals surface area contributed by atoms with Crippen LogP contribution in [0.25, 0.3) is 0 Å². The van der Waals surface area contributed by atoms with Crippen molar-refractivity contribution in [1.29, 1.82) is 0 Å². The van der Waals surface area contributed by atoms with Crippen LogP contribution in [0.1, 0.15) is 57.9 Å². The molecule has 180 valence electrons. The minimum Gasteiger partial charge on any atom is -0.443 e. The van der Waals surface area contributed by atoms with Crippen molar-refractivity contribution in [2.24, 2.45) is 11.8 Å². The number of amides is 3. The maximum atomic E-state index is 14.8. The van der Waals surface area contributed by atoms with Crippen molar-refractivity contribution >= 4 is 23.6 Å². The van der Waals surface area contributed by atoms with E-state index in [0.717, 1.165) is 39.0 Å². The normalized spacial score (nSPS) is 23.2. The number of benzene rings is 1. The van der Waals surface area contributed by atoms with Crippen LogP contribution >= 0.6 is 0 Å². The number of carbonyl (C=O) groups excluding carboxylic acids is 3. The van der Waals surface area contributed by atoms with Gasteiger partial charge in [-0.1, -0.05) is 6.07 Å². The number of nitrogens with zero attached hydrogens (tertiary/aromatic N) is 2. The van der Waals surface area contributed by atoms with Crippen LogP contribution in [0.3, 0.4) is 0 Å². The van der Waals surface area contributed by atoms with Crippen LogP contribution in [0.5, 0.6) is 0 Å². The number of imide groups is 1. The SMILES string of the molecule is CC(C)(C)OC(=O)NN1CCC(C2CN(c3ccc(C4CCC(=O)NC4=O)cc3F)C2)CC1. The monoisotopic (exact) mass is 460 g/mol. The van der Waals surface area contributed by atoms with Gasteiger partial charge in [0.25, 0.3) is 0 Å². The minimum absolute atomic E-state index is 0.272. The van der Waals surface area contributed by atoms with Gasteiger partial charge in [-0.25, -0.2) is 14.2 Å². The topological polar surface area (TPSA) is 91.0 Å². The highest BCUT2D eigenvalue weighted by Gasteiger charge is 2.37. The Labute approximate surface area is 193 Å². The summed E-state index contributed by atoms with van der Waals surface area (Å²) in [6.45, 7) is 8.67. The lowest BCUT2D eigenvalue weighted by atomic mass is 9.79. The van der Waals surface area contributed by atoms with Crippen molar-refractivity contribution in [1.82, 2.24) is 15.8 Å². The number of hydrazine groups is 1. The van der Waals surface area contributed by atoms with E-state index in [9.17, 15) is 18.8 Å². The molecule has 0 bridgehead atoms. The summed E-state index contributed by atoms with van der Waals surface area (Å²) < 4.78 is 20.1. The summed E-state index contributed by atoms with van der Waals surface area (Å²) in [6.07, 6.45) is 2.22. The van der Waals surface area contributed by atoms with Crippen LogP contribution in [0.4, 0.5) is 14.9 Å². The summed E-state index contributed by atoms with van der Waals surface area (Å²) in [5, 5.41) is 4.24. The first kappa shape index (κ1) is 23.5. The van der Waals surface area contributed by atoms with Gasteiger partial charge in [-0.2, -0.15) is 0 Å². The number of rotatable bonds is 4. The minimum atomic E-state index is -0.521. The van der Waals surface area contributed by atoms with Gasteiger partial charge in [0.1, 0.15) is 11.4 Å². The lowest BCUT2D eigenvalue weighted by Gasteiger charge is -2.47. The van der Waals surface area contributed by atoms with Crippen LogP contribution in [-0.2, 0) is 14.3 Å². The van der Waals surface area contributed by atoms with E-state index < -0.39 is 17.6 Å². The van der Waals surface area contributed by atoms with Crippen LogP contribution in [0, 0.1) is 17.7 Å². The number of piperidine rings is 2. The maximum absolute atomic E-state index is 14.8. The molecule has 1 aromatic carbocycles. The number of hydrogen-bond acceptors (Lipinski definition) is 6. The number of anilines is 1. The lowest BCUT2D eigenvalue weighted by Crippen LogP contribution is -2.54. The second-order valence-electron chi connectivity index (χ2n) is 10.3. The highest BCUT2D eigenvalue weighted by Crippen LogP contribution is 2.36. The van der Waals surface area contributed by atoms with E-state index >= 15 is 0 Å². The Kier molecular flexibility index (Phi) is 6.61. The Morgan fingerprint density at radius 3 is 2.42 bits per heavy atom. The molecule has 0 saturated carbocycles. The molecule has 0 aliphatic carbocycles. The molecule has 0 aromatic heterocycles. The van der Waals surface area contributed by atoms with Gasteiger partial charge >= 0.3 is 6.09 Å². The highest BCUT2D eigenvalue weighted by molar-refractivity contribution is 6.00. The quantitative estimate of drug-likeness (QED) is 0.672. The zero-order valence-corrected chi connectivity index (χ0v) is 19.5. The fraction of sp³-hybridized carbons (Fsp3) is 0.625. The highest BCUT2D eigenvalue weighted by atomic mass is 19.1. The van der Waals surface area contributed by atoms with E-state index in [1.54, 1.807) is 12.1 Å². The van der Waals surface area contributed by atoms with Crippen molar-refractivity contribution in [2.45, 2.75) is 58.0 Å². The lowest BCUT2D eigenvalue weighted by molar-refractivity contribution is -0.134. The van der Waals surface area contributed by atoms with Gasteiger partial charge in [-0.15, -0.1) is 0 Å². The van der Waals surface area contributed by atoms with Gasteiger partial charge in [0.15, 0.2) is 0 Å². The van der Waals surface area contributed by atoms with Gasteiger partial charge in [-0.3, -0.25) is 20.3 Å². The Hall–Kier alpha value is -2.68. The zero-order valence-electron chi connectivity index (χ0n) is 19.5. The Bertz CT molecular complexity index is 918. The second-order valence-corrected chi connectivity index (χ2v) is 10.3. The van der Waals surface area contributed by atoms with Gasteiger partial charge in [-0.05, 0) is 69.6 Å². The van der Waals surface area contributed by atoms with Crippen molar-refractivity contribution < 1.29 is 23.5 Å². The molecule has 1 atom stereocenters. The predicted octanol–water partition coefficient (Wildman–Crippen LogP) is 2.93. The molecule has 8 nitrogen and oxygen atoms in total. The molecule has 33 heavy (non-hydrogen) atoms. The average molecular weight is 461 g/mol. The van der Waals surface area contributed by atoms with Crippen LogP contribution in [0.2, 0.25) is 0 Å². The molecule has 1 unspecified atom stereocenters. The summed E-state index contributed by atoms with van der Waals surface area (Å²) >= 11 is 0. The molecular formula is C24H33FN4O4. The van der Waals surface area contributed by atoms with E-state index in [0.29, 0.717) is 29.5 Å². The summed E-state index contributed by atoms with van der Waals surface area (Å²) in [5.41, 5.74) is 3.47. The average Bonchev–Trinajstić information content (AvgIpc) is 2.68. The van der Waals surface area contributed by atoms with Gasteiger partial charge in [0.2, 0.25) is 11.8 Å². The van der Waals surface area contributed by atoms with E-state index in [-0.39, 0.29) is 24.1 Å². The Balaban J connectivity index is 1.25. The first-order valence-electron chi connectivity index (χ1n) is 11.7. The third kappa shape index (κ3) is 5.63. The molecule has 4 rings (SSSR count). The van der Waals surface area contributed by atoms with Gasteiger partial charge in [0, 0.05) is 32.6 Å². The molecule has 3 heterocycles. The number of carbonyl (C=O) groups is 3. The van der Waals surface area contributed by atoms with Crippen molar-refractivity contribution in [2.75, 3.05) is 31.1 Å². The molecule has 0 radical (unpaired) electrons. The van der Waals surface area contributed by atoms with Gasteiger partial charge in [0.05, 0.1) is 11.6 Å². The first-order chi connectivity index (χ1) is 15.6. The molecule has 3 aliphatic rings. The number of ether oxygens (including phenoxy) is 1. The molecule has 3 aliphatic heterocycles. The Morgan fingerprint density at radius 2 is 1.82 bits per heavy atom. The Morgan fingerprint density at radius 1 is 1.12 bits per heavy atom. The van der Waals surface area contributed by atoms with E-state index in [4.69, 9.17) is 4.74 Å². The summed E-state index contributed by atoms with van der Waals surface area (Å²) in [7, 11) is 0. The fourth-order valence-electron chi connectivity index (χ4n) is 4.93. The molecule has 2 N–H and O–H groups in total. The maximum Gasteiger partial charge on any atom is 0.422 e. The molecule has 3 saturated heterocycles. The molecule has 3 amide bonds. The van der Waals surface area contributed by atoms with Crippen LogP contribution in [0.15, 0.2) is 18.2 Å². The predicted molar refractivity (Wildman–Crippen MR) is 121 cm³/mol. The second kappa shape index (κ2) is 9.29. The van der Waals surface area contributed by atoms with E-state index in [1.165, 1.54) is 6.07 Å². The number of hydrogen-bond donors (Lipinski definition) is 2. The van der Waals surface area contributed by atoms with Crippen LogP contribution < -0.4 is 15.6 Å². The molecule has 9 heteroatoms. The number of halogens is 1. The summed E-state index contributed by atoms with van der Waals surface area (Å²) in [4.78, 5) is 37.4. The fourth-order valence-corrected chi connectivity index (χ4v) is 4.93. The third-order valence-electron chi connectivity index (χ3n) is 6.72. The molecular weight excluding hydrogens is 427 g/mol. The zero-order chi connectivity index (χ0) is 23.8.